The van der Waals surface area contributed by atoms with Crippen molar-refractivity contribution in [1.29, 1.82) is 0 Å². The molecule has 7 nitrogen and oxygen atoms in total. The quantitative estimate of drug-likeness (QED) is 0.636. The van der Waals surface area contributed by atoms with Gasteiger partial charge in [0.25, 0.3) is 0 Å². The van der Waals surface area contributed by atoms with Crippen molar-refractivity contribution in [3.63, 3.8) is 0 Å². The smallest absolute Gasteiger partial charge is 0.183 e. The highest BCUT2D eigenvalue weighted by atomic mass is 32.2. The largest absolute Gasteiger partial charge is 0.491 e. The lowest BCUT2D eigenvalue weighted by Crippen LogP contribution is -2.54. The summed E-state index contributed by atoms with van der Waals surface area (Å²) in [6.07, 6.45) is 2.31. The summed E-state index contributed by atoms with van der Waals surface area (Å²) < 4.78 is 56.9. The third-order valence-electron chi connectivity index (χ3n) is 5.98. The van der Waals surface area contributed by atoms with E-state index in [1.807, 2.05) is 13.8 Å². The minimum Gasteiger partial charge on any atom is -0.491 e. The molecule has 2 atom stereocenters. The van der Waals surface area contributed by atoms with Crippen LogP contribution in [0.4, 0.5) is 0 Å². The summed E-state index contributed by atoms with van der Waals surface area (Å²) in [5.41, 5.74) is -0.160. The van der Waals surface area contributed by atoms with Gasteiger partial charge in [0.2, 0.25) is 0 Å². The first kappa shape index (κ1) is 23.5. The zero-order chi connectivity index (χ0) is 22.2. The van der Waals surface area contributed by atoms with Crippen LogP contribution in [0.5, 0.6) is 5.75 Å². The number of sulfone groups is 2. The standard InChI is InChI=1S/C21H34N2O5S2/c1-16(2)28-17-7-9-18(10-8-17)30(26,27)20-14-29(24,25)13-19(20)22-15-21(3,4)23-11-5-6-12-23/h7-10,16,19-20,22H,5-6,11-15H2,1-4H3/t19-,20-/m0/s1. The number of nitrogens with one attached hydrogen (secondary N) is 1. The van der Waals surface area contributed by atoms with Gasteiger partial charge in [-0.25, -0.2) is 16.8 Å². The molecular formula is C21H34N2O5S2. The van der Waals surface area contributed by atoms with Gasteiger partial charge in [-0.05, 0) is 77.9 Å². The van der Waals surface area contributed by atoms with Crippen molar-refractivity contribution in [3.8, 4) is 5.75 Å². The summed E-state index contributed by atoms with van der Waals surface area (Å²) in [5, 5.41) is 2.30. The van der Waals surface area contributed by atoms with Gasteiger partial charge in [0.15, 0.2) is 19.7 Å². The van der Waals surface area contributed by atoms with Crippen LogP contribution in [-0.4, -0.2) is 75.8 Å². The molecule has 2 aliphatic rings. The van der Waals surface area contributed by atoms with E-state index in [0.717, 1.165) is 25.9 Å². The fourth-order valence-corrected chi connectivity index (χ4v) is 9.00. The molecule has 0 amide bonds. The SMILES string of the molecule is CC(C)Oc1ccc(S(=O)(=O)[C@H]2CS(=O)(=O)C[C@@H]2NCC(C)(C)N2CCCC2)cc1. The summed E-state index contributed by atoms with van der Waals surface area (Å²) in [4.78, 5) is 2.51. The van der Waals surface area contributed by atoms with Gasteiger partial charge in [0.1, 0.15) is 5.75 Å². The first-order valence-corrected chi connectivity index (χ1v) is 14.0. The number of benzene rings is 1. The van der Waals surface area contributed by atoms with Crippen LogP contribution in [0.3, 0.4) is 0 Å². The van der Waals surface area contributed by atoms with Gasteiger partial charge >= 0.3 is 0 Å². The summed E-state index contributed by atoms with van der Waals surface area (Å²) in [7, 11) is -7.23. The molecule has 30 heavy (non-hydrogen) atoms. The van der Waals surface area contributed by atoms with Crippen LogP contribution in [-0.2, 0) is 19.7 Å². The van der Waals surface area contributed by atoms with Crippen molar-refractivity contribution in [1.82, 2.24) is 10.2 Å². The number of hydrogen-bond acceptors (Lipinski definition) is 7. The number of nitrogens with zero attached hydrogens (tertiary/aromatic N) is 1. The Bertz CT molecular complexity index is 934. The Morgan fingerprint density at radius 3 is 2.30 bits per heavy atom. The Hall–Kier alpha value is -1.16. The normalized spacial score (nSPS) is 25.1. The average molecular weight is 459 g/mol. The molecule has 9 heteroatoms. The molecule has 170 valence electrons. The predicted molar refractivity (Wildman–Crippen MR) is 119 cm³/mol. The highest BCUT2D eigenvalue weighted by Crippen LogP contribution is 2.28. The molecule has 1 aromatic rings. The highest BCUT2D eigenvalue weighted by molar-refractivity contribution is 7.96. The van der Waals surface area contributed by atoms with Crippen LogP contribution in [0.15, 0.2) is 29.2 Å². The zero-order valence-electron chi connectivity index (χ0n) is 18.3. The van der Waals surface area contributed by atoms with Crippen LogP contribution in [0.25, 0.3) is 0 Å². The number of likely N-dealkylation sites (tertiary alicyclic amines) is 1. The molecule has 1 aromatic carbocycles. The van der Waals surface area contributed by atoms with E-state index in [9.17, 15) is 16.8 Å². The van der Waals surface area contributed by atoms with Crippen molar-refractivity contribution in [2.45, 2.75) is 68.4 Å². The van der Waals surface area contributed by atoms with Gasteiger partial charge in [0, 0.05) is 18.1 Å². The van der Waals surface area contributed by atoms with E-state index in [4.69, 9.17) is 4.74 Å². The lowest BCUT2D eigenvalue weighted by atomic mass is 10.0. The van der Waals surface area contributed by atoms with Crippen LogP contribution in [0, 0.1) is 0 Å². The van der Waals surface area contributed by atoms with Gasteiger partial charge < -0.3 is 10.1 Å². The van der Waals surface area contributed by atoms with Gasteiger partial charge in [0.05, 0.1) is 27.8 Å². The van der Waals surface area contributed by atoms with Crippen LogP contribution in [0.1, 0.15) is 40.5 Å². The predicted octanol–water partition coefficient (Wildman–Crippen LogP) is 1.88. The second kappa shape index (κ2) is 8.76. The van der Waals surface area contributed by atoms with E-state index in [1.54, 1.807) is 12.1 Å². The Labute approximate surface area is 181 Å². The summed E-state index contributed by atoms with van der Waals surface area (Å²) >= 11 is 0. The topological polar surface area (TPSA) is 92.8 Å². The second-order valence-electron chi connectivity index (χ2n) is 9.29. The fraction of sp³-hybridized carbons (Fsp3) is 0.714. The molecule has 0 aliphatic carbocycles. The molecule has 0 spiro atoms. The van der Waals surface area contributed by atoms with E-state index in [2.05, 4.69) is 24.1 Å². The van der Waals surface area contributed by atoms with E-state index in [-0.39, 0.29) is 28.0 Å². The first-order valence-electron chi connectivity index (χ1n) is 10.6. The molecule has 2 heterocycles. The van der Waals surface area contributed by atoms with Crippen molar-refractivity contribution >= 4 is 19.7 Å². The molecule has 3 rings (SSSR count). The number of hydrogen-bond donors (Lipinski definition) is 1. The van der Waals surface area contributed by atoms with Gasteiger partial charge in [-0.1, -0.05) is 0 Å². The highest BCUT2D eigenvalue weighted by Gasteiger charge is 2.46. The molecule has 1 N–H and O–H groups in total. The van der Waals surface area contributed by atoms with E-state index in [0.29, 0.717) is 12.3 Å². The van der Waals surface area contributed by atoms with E-state index in [1.165, 1.54) is 12.1 Å². The fourth-order valence-electron chi connectivity index (χ4n) is 4.28. The zero-order valence-corrected chi connectivity index (χ0v) is 19.9. The first-order chi connectivity index (χ1) is 13.9. The lowest BCUT2D eigenvalue weighted by Gasteiger charge is -2.37. The molecule has 0 saturated carbocycles. The average Bonchev–Trinajstić information content (AvgIpc) is 3.28. The van der Waals surface area contributed by atoms with Crippen molar-refractivity contribution in [2.24, 2.45) is 0 Å². The molecule has 0 aromatic heterocycles. The summed E-state index contributed by atoms with van der Waals surface area (Å²) in [6, 6.07) is 5.63. The van der Waals surface area contributed by atoms with Crippen molar-refractivity contribution < 1.29 is 21.6 Å². The minimum atomic E-state index is -3.80. The number of rotatable bonds is 8. The lowest BCUT2D eigenvalue weighted by molar-refractivity contribution is 0.148. The summed E-state index contributed by atoms with van der Waals surface area (Å²) in [6.45, 7) is 10.6. The Morgan fingerprint density at radius 1 is 1.13 bits per heavy atom. The van der Waals surface area contributed by atoms with Crippen LogP contribution in [0.2, 0.25) is 0 Å². The Kier molecular flexibility index (Phi) is 6.86. The van der Waals surface area contributed by atoms with E-state index >= 15 is 0 Å². The molecule has 2 aliphatic heterocycles. The number of ether oxygens (including phenoxy) is 1. The summed E-state index contributed by atoms with van der Waals surface area (Å²) in [5.74, 6) is 0.0909. The van der Waals surface area contributed by atoms with Crippen molar-refractivity contribution in [2.75, 3.05) is 31.1 Å². The third-order valence-corrected chi connectivity index (χ3v) is 10.1. The minimum absolute atomic E-state index is 0.0139. The molecule has 0 radical (unpaired) electrons. The Morgan fingerprint density at radius 2 is 1.73 bits per heavy atom. The maximum Gasteiger partial charge on any atom is 0.183 e. The molecular weight excluding hydrogens is 424 g/mol. The second-order valence-corrected chi connectivity index (χ2v) is 13.6. The molecule has 2 saturated heterocycles. The molecule has 0 bridgehead atoms. The van der Waals surface area contributed by atoms with Crippen LogP contribution >= 0.6 is 0 Å². The third kappa shape index (κ3) is 5.36. The van der Waals surface area contributed by atoms with Gasteiger partial charge in [-0.2, -0.15) is 0 Å². The van der Waals surface area contributed by atoms with Gasteiger partial charge in [-0.15, -0.1) is 0 Å². The molecule has 0 unspecified atom stereocenters. The maximum absolute atomic E-state index is 13.3. The van der Waals surface area contributed by atoms with Crippen LogP contribution < -0.4 is 10.1 Å². The maximum atomic E-state index is 13.3. The van der Waals surface area contributed by atoms with Crippen molar-refractivity contribution in [3.05, 3.63) is 24.3 Å². The van der Waals surface area contributed by atoms with E-state index < -0.39 is 31.0 Å². The Balaban J connectivity index is 1.77. The monoisotopic (exact) mass is 458 g/mol. The molecule has 2 fully saturated rings. The van der Waals surface area contributed by atoms with Gasteiger partial charge in [-0.3, -0.25) is 4.90 Å².